The van der Waals surface area contributed by atoms with E-state index in [9.17, 15) is 24.5 Å². The summed E-state index contributed by atoms with van der Waals surface area (Å²) in [4.78, 5) is 47.0. The molecule has 2 aromatic carbocycles. The fraction of sp³-hybridized carbons (Fsp3) is 0.100. The van der Waals surface area contributed by atoms with Gasteiger partial charge in [0.1, 0.15) is 5.69 Å². The van der Waals surface area contributed by atoms with Gasteiger partial charge in [-0.2, -0.15) is 5.10 Å². The number of anilines is 2. The van der Waals surface area contributed by atoms with E-state index in [1.54, 1.807) is 31.2 Å². The molecule has 0 saturated carbocycles. The predicted molar refractivity (Wildman–Crippen MR) is 110 cm³/mol. The van der Waals surface area contributed by atoms with Crippen LogP contribution in [0.15, 0.2) is 59.4 Å². The molecule has 10 heteroatoms. The average molecular weight is 407 g/mol. The van der Waals surface area contributed by atoms with Gasteiger partial charge in [-0.3, -0.25) is 24.5 Å². The Kier molecular flexibility index (Phi) is 5.68. The fourth-order valence-electron chi connectivity index (χ4n) is 2.81. The summed E-state index contributed by atoms with van der Waals surface area (Å²) in [5.74, 6) is -1.06. The van der Waals surface area contributed by atoms with Crippen molar-refractivity contribution in [3.63, 3.8) is 0 Å². The first-order valence-corrected chi connectivity index (χ1v) is 8.80. The molecule has 152 valence electrons. The van der Waals surface area contributed by atoms with Crippen LogP contribution in [0.1, 0.15) is 23.1 Å². The van der Waals surface area contributed by atoms with E-state index in [1.807, 2.05) is 0 Å². The molecule has 2 N–H and O–H groups in total. The van der Waals surface area contributed by atoms with Crippen molar-refractivity contribution in [3.05, 3.63) is 86.3 Å². The highest BCUT2D eigenvalue weighted by Crippen LogP contribution is 2.22. The third kappa shape index (κ3) is 4.38. The molecule has 0 aliphatic carbocycles. The van der Waals surface area contributed by atoms with Crippen LogP contribution in [0, 0.1) is 17.0 Å². The molecular weight excluding hydrogens is 390 g/mol. The maximum absolute atomic E-state index is 12.7. The van der Waals surface area contributed by atoms with Gasteiger partial charge in [-0.05, 0) is 31.2 Å². The Balaban J connectivity index is 1.99. The van der Waals surface area contributed by atoms with Gasteiger partial charge < -0.3 is 10.6 Å². The van der Waals surface area contributed by atoms with Crippen molar-refractivity contribution < 1.29 is 14.5 Å². The zero-order valence-electron chi connectivity index (χ0n) is 16.1. The van der Waals surface area contributed by atoms with E-state index < -0.39 is 22.0 Å². The number of carbonyl (C=O) groups is 2. The molecule has 0 radical (unpaired) electrons. The fourth-order valence-corrected chi connectivity index (χ4v) is 2.81. The number of nitro groups is 1. The largest absolute Gasteiger partial charge is 0.326 e. The van der Waals surface area contributed by atoms with E-state index in [0.717, 1.165) is 0 Å². The number of hydrogen-bond donors (Lipinski definition) is 2. The number of carbonyl (C=O) groups excluding carboxylic acids is 2. The van der Waals surface area contributed by atoms with Gasteiger partial charge in [0.05, 0.1) is 4.92 Å². The molecule has 0 saturated heterocycles. The molecule has 0 fully saturated rings. The molecule has 3 aromatic rings. The highest BCUT2D eigenvalue weighted by molar-refractivity contribution is 6.03. The van der Waals surface area contributed by atoms with Crippen LogP contribution in [0.3, 0.4) is 0 Å². The molecule has 0 aliphatic heterocycles. The van der Waals surface area contributed by atoms with Gasteiger partial charge in [0.25, 0.3) is 11.6 Å². The van der Waals surface area contributed by atoms with Gasteiger partial charge in [-0.25, -0.2) is 4.68 Å². The van der Waals surface area contributed by atoms with Crippen molar-refractivity contribution in [1.82, 2.24) is 9.78 Å². The first-order chi connectivity index (χ1) is 14.3. The zero-order chi connectivity index (χ0) is 21.8. The SMILES string of the molecule is CC(=O)Nc1cccc(NC(=O)c2nn(-c3ccccc3[N+](=O)[O-])c(C)cc2=O)c1. The second kappa shape index (κ2) is 8.35. The van der Waals surface area contributed by atoms with Gasteiger partial charge >= 0.3 is 0 Å². The quantitative estimate of drug-likeness (QED) is 0.493. The molecule has 0 atom stereocenters. The van der Waals surface area contributed by atoms with E-state index in [0.29, 0.717) is 17.1 Å². The Hall–Kier alpha value is -4.34. The predicted octanol–water partition coefficient (Wildman–Crippen LogP) is 2.66. The van der Waals surface area contributed by atoms with E-state index in [4.69, 9.17) is 0 Å². The summed E-state index contributed by atoms with van der Waals surface area (Å²) in [5, 5.41) is 20.5. The summed E-state index contributed by atoms with van der Waals surface area (Å²) in [5.41, 5.74) is -0.00684. The van der Waals surface area contributed by atoms with E-state index in [1.165, 1.54) is 41.9 Å². The number of para-hydroxylation sites is 2. The van der Waals surface area contributed by atoms with Crippen LogP contribution in [-0.2, 0) is 4.79 Å². The van der Waals surface area contributed by atoms with Gasteiger partial charge in [0.2, 0.25) is 11.3 Å². The Morgan fingerprint density at radius 2 is 1.70 bits per heavy atom. The van der Waals surface area contributed by atoms with E-state index in [-0.39, 0.29) is 17.3 Å². The van der Waals surface area contributed by atoms with Gasteiger partial charge in [0, 0.05) is 36.1 Å². The second-order valence-corrected chi connectivity index (χ2v) is 6.37. The molecule has 3 rings (SSSR count). The van der Waals surface area contributed by atoms with Crippen molar-refractivity contribution in [2.75, 3.05) is 10.6 Å². The van der Waals surface area contributed by atoms with Gasteiger partial charge in [0.15, 0.2) is 5.69 Å². The van der Waals surface area contributed by atoms with Crippen LogP contribution in [0.5, 0.6) is 0 Å². The van der Waals surface area contributed by atoms with Gasteiger partial charge in [-0.1, -0.05) is 18.2 Å². The topological polar surface area (TPSA) is 136 Å². The Morgan fingerprint density at radius 1 is 1.03 bits per heavy atom. The minimum absolute atomic E-state index is 0.127. The maximum atomic E-state index is 12.7. The van der Waals surface area contributed by atoms with E-state index >= 15 is 0 Å². The summed E-state index contributed by atoms with van der Waals surface area (Å²) in [7, 11) is 0. The number of amides is 2. The van der Waals surface area contributed by atoms with E-state index in [2.05, 4.69) is 15.7 Å². The lowest BCUT2D eigenvalue weighted by Gasteiger charge is -2.12. The molecule has 0 unspecified atom stereocenters. The number of nitrogens with one attached hydrogen (secondary N) is 2. The van der Waals surface area contributed by atoms with Crippen molar-refractivity contribution in [1.29, 1.82) is 0 Å². The number of aromatic nitrogens is 2. The number of nitrogens with zero attached hydrogens (tertiary/aromatic N) is 3. The smallest absolute Gasteiger partial charge is 0.294 e. The molecule has 0 spiro atoms. The van der Waals surface area contributed by atoms with Crippen LogP contribution in [0.4, 0.5) is 17.1 Å². The molecule has 10 nitrogen and oxygen atoms in total. The molecule has 30 heavy (non-hydrogen) atoms. The molecule has 0 aliphatic rings. The summed E-state index contributed by atoms with van der Waals surface area (Å²) < 4.78 is 1.18. The summed E-state index contributed by atoms with van der Waals surface area (Å²) in [6, 6.07) is 13.4. The van der Waals surface area contributed by atoms with Crippen molar-refractivity contribution in [2.45, 2.75) is 13.8 Å². The highest BCUT2D eigenvalue weighted by atomic mass is 16.6. The first-order valence-electron chi connectivity index (χ1n) is 8.80. The molecule has 0 bridgehead atoms. The zero-order valence-corrected chi connectivity index (χ0v) is 16.1. The average Bonchev–Trinajstić information content (AvgIpc) is 2.67. The molecular formula is C20H17N5O5. The Labute approximate surface area is 170 Å². The number of benzene rings is 2. The summed E-state index contributed by atoms with van der Waals surface area (Å²) in [6.07, 6.45) is 0. The van der Waals surface area contributed by atoms with Crippen LogP contribution >= 0.6 is 0 Å². The minimum atomic E-state index is -0.785. The normalized spacial score (nSPS) is 10.3. The molecule has 2 amide bonds. The summed E-state index contributed by atoms with van der Waals surface area (Å²) >= 11 is 0. The monoisotopic (exact) mass is 407 g/mol. The number of rotatable bonds is 5. The van der Waals surface area contributed by atoms with Gasteiger partial charge in [-0.15, -0.1) is 0 Å². The van der Waals surface area contributed by atoms with Crippen molar-refractivity contribution >= 4 is 28.9 Å². The maximum Gasteiger partial charge on any atom is 0.294 e. The Morgan fingerprint density at radius 3 is 2.37 bits per heavy atom. The van der Waals surface area contributed by atoms with Crippen LogP contribution in [0.2, 0.25) is 0 Å². The van der Waals surface area contributed by atoms with Crippen LogP contribution in [-0.4, -0.2) is 26.5 Å². The summed E-state index contributed by atoms with van der Waals surface area (Å²) in [6.45, 7) is 2.91. The number of hydrogen-bond acceptors (Lipinski definition) is 6. The lowest BCUT2D eigenvalue weighted by atomic mass is 10.2. The third-order valence-electron chi connectivity index (χ3n) is 4.07. The second-order valence-electron chi connectivity index (χ2n) is 6.37. The molecule has 1 aromatic heterocycles. The first kappa shape index (κ1) is 20.4. The third-order valence-corrected chi connectivity index (χ3v) is 4.07. The molecule has 1 heterocycles. The number of aryl methyl sites for hydroxylation is 1. The lowest BCUT2D eigenvalue weighted by molar-refractivity contribution is -0.384. The lowest BCUT2D eigenvalue weighted by Crippen LogP contribution is -2.27. The van der Waals surface area contributed by atoms with Crippen molar-refractivity contribution in [2.24, 2.45) is 0 Å². The van der Waals surface area contributed by atoms with Crippen LogP contribution in [0.25, 0.3) is 5.69 Å². The van der Waals surface area contributed by atoms with Crippen molar-refractivity contribution in [3.8, 4) is 5.69 Å². The van der Waals surface area contributed by atoms with Crippen LogP contribution < -0.4 is 16.1 Å². The standard InChI is InChI=1S/C20H17N5O5/c1-12-10-18(27)19(23-24(12)16-8-3-4-9-17(16)25(29)30)20(28)22-15-7-5-6-14(11-15)21-13(2)26/h3-11H,1-2H3,(H,21,26)(H,22,28). The Bertz CT molecular complexity index is 1220. The highest BCUT2D eigenvalue weighted by Gasteiger charge is 2.20. The number of nitro benzene ring substituents is 1. The minimum Gasteiger partial charge on any atom is -0.326 e.